The minimum Gasteiger partial charge on any atom is -0.450 e. The third kappa shape index (κ3) is 9.00. The van der Waals surface area contributed by atoms with Gasteiger partial charge >= 0.3 is 6.09 Å². The molecule has 9 heteroatoms. The highest BCUT2D eigenvalue weighted by Crippen LogP contribution is 2.10. The number of nitrogens with zero attached hydrogens (tertiary/aromatic N) is 4. The van der Waals surface area contributed by atoms with Crippen LogP contribution < -0.4 is 5.32 Å². The summed E-state index contributed by atoms with van der Waals surface area (Å²) in [7, 11) is 1.36. The molecule has 0 saturated heterocycles. The van der Waals surface area contributed by atoms with Gasteiger partial charge in [0.1, 0.15) is 6.04 Å². The number of ether oxygens (including phenoxy) is 1. The van der Waals surface area contributed by atoms with Crippen LogP contribution in [0.25, 0.3) is 0 Å². The Morgan fingerprint density at radius 3 is 2.68 bits per heavy atom. The fraction of sp³-hybridized carbons (Fsp3) is 0.526. The largest absolute Gasteiger partial charge is 0.450 e. The lowest BCUT2D eigenvalue weighted by molar-refractivity contribution is -0.129. The highest BCUT2D eigenvalue weighted by atomic mass is 127. The second kappa shape index (κ2) is 13.7. The molecule has 0 aliphatic heterocycles. The quantitative estimate of drug-likeness (QED) is 0.242. The van der Waals surface area contributed by atoms with E-state index in [1.54, 1.807) is 18.5 Å². The molecular formula is C19H26IN5O3. The number of hydrogen-bond donors (Lipinski definition) is 1. The number of aryl methyl sites for hydroxylation is 1. The first kappa shape index (κ1) is 25.6. The summed E-state index contributed by atoms with van der Waals surface area (Å²) in [5, 5.41) is 20.2. The highest BCUT2D eigenvalue weighted by molar-refractivity contribution is 14.0. The number of amides is 2. The first-order chi connectivity index (χ1) is 12.9. The van der Waals surface area contributed by atoms with E-state index >= 15 is 0 Å². The Morgan fingerprint density at radius 1 is 1.36 bits per heavy atom. The Hall–Kier alpha value is -2.40. The molecule has 1 rings (SSSR count). The molecule has 1 aromatic rings. The number of alkyl carbamates (subject to hydrolysis) is 1. The van der Waals surface area contributed by atoms with E-state index in [2.05, 4.69) is 16.4 Å². The maximum absolute atomic E-state index is 12.2. The van der Waals surface area contributed by atoms with E-state index in [0.717, 1.165) is 16.2 Å². The standard InChI is InChI=1S/C19H25N5O3.HI/c1-14(2)12-17(18(25)24(3)13-21)23-19(26)27-11-5-7-15-6-4-10-22-16(15)8-9-20;/h4,6,10,14,17H,5,7-8,11-12H2,1-3H3,(H,23,26);1H. The van der Waals surface area contributed by atoms with E-state index in [-0.39, 0.29) is 42.9 Å². The molecule has 1 aromatic heterocycles. The first-order valence-corrected chi connectivity index (χ1v) is 8.79. The van der Waals surface area contributed by atoms with Crippen LogP contribution in [0.3, 0.4) is 0 Å². The minimum absolute atomic E-state index is 0. The van der Waals surface area contributed by atoms with E-state index in [9.17, 15) is 9.59 Å². The summed E-state index contributed by atoms with van der Waals surface area (Å²) < 4.78 is 5.15. The zero-order valence-corrected chi connectivity index (χ0v) is 18.7. The Kier molecular flexibility index (Phi) is 12.5. The molecule has 0 aliphatic carbocycles. The normalized spacial score (nSPS) is 10.8. The number of likely N-dealkylation sites (N-methyl/N-ethyl adjacent to an activating group) is 1. The molecule has 1 N–H and O–H groups in total. The third-order valence-corrected chi connectivity index (χ3v) is 3.83. The summed E-state index contributed by atoms with van der Waals surface area (Å²) in [5.74, 6) is -0.310. The molecule has 1 heterocycles. The molecular weight excluding hydrogens is 473 g/mol. The lowest BCUT2D eigenvalue weighted by atomic mass is 10.0. The van der Waals surface area contributed by atoms with Gasteiger partial charge in [0.05, 0.1) is 24.8 Å². The van der Waals surface area contributed by atoms with E-state index in [0.29, 0.717) is 19.3 Å². The SMILES string of the molecule is CC(C)CC(NC(=O)OCCCc1cccnc1CC#N)C(=O)N(C)C#N.I. The smallest absolute Gasteiger partial charge is 0.407 e. The topological polar surface area (TPSA) is 119 Å². The second-order valence-corrected chi connectivity index (χ2v) is 6.51. The van der Waals surface area contributed by atoms with Crippen molar-refractivity contribution in [1.29, 1.82) is 10.5 Å². The summed E-state index contributed by atoms with van der Waals surface area (Å²) in [4.78, 5) is 29.2. The van der Waals surface area contributed by atoms with Crippen molar-refractivity contribution in [2.24, 2.45) is 5.92 Å². The van der Waals surface area contributed by atoms with Gasteiger partial charge < -0.3 is 10.1 Å². The molecule has 0 radical (unpaired) electrons. The van der Waals surface area contributed by atoms with Gasteiger partial charge in [-0.25, -0.2) is 4.79 Å². The predicted molar refractivity (Wildman–Crippen MR) is 113 cm³/mol. The molecule has 8 nitrogen and oxygen atoms in total. The fourth-order valence-electron chi connectivity index (χ4n) is 2.52. The average molecular weight is 499 g/mol. The third-order valence-electron chi connectivity index (χ3n) is 3.83. The zero-order valence-electron chi connectivity index (χ0n) is 16.3. The van der Waals surface area contributed by atoms with Crippen LogP contribution in [0.5, 0.6) is 0 Å². The van der Waals surface area contributed by atoms with Crippen molar-refractivity contribution in [1.82, 2.24) is 15.2 Å². The summed E-state index contributed by atoms with van der Waals surface area (Å²) in [6.45, 7) is 4.02. The van der Waals surface area contributed by atoms with Crippen LogP contribution in [0.4, 0.5) is 4.79 Å². The van der Waals surface area contributed by atoms with Gasteiger partial charge in [-0.1, -0.05) is 19.9 Å². The van der Waals surface area contributed by atoms with Crippen molar-refractivity contribution >= 4 is 36.0 Å². The van der Waals surface area contributed by atoms with E-state index in [4.69, 9.17) is 15.3 Å². The maximum Gasteiger partial charge on any atom is 0.407 e. The van der Waals surface area contributed by atoms with Gasteiger partial charge in [0.15, 0.2) is 6.19 Å². The van der Waals surface area contributed by atoms with Crippen LogP contribution in [-0.2, 0) is 22.4 Å². The summed E-state index contributed by atoms with van der Waals surface area (Å²) in [5.41, 5.74) is 1.68. The van der Waals surface area contributed by atoms with Gasteiger partial charge in [0, 0.05) is 13.2 Å². The number of aromatic nitrogens is 1. The van der Waals surface area contributed by atoms with Gasteiger partial charge in [-0.2, -0.15) is 10.5 Å². The van der Waals surface area contributed by atoms with Gasteiger partial charge in [-0.3, -0.25) is 14.7 Å². The molecule has 0 bridgehead atoms. The Balaban J connectivity index is 0.00000729. The molecule has 152 valence electrons. The Labute approximate surface area is 182 Å². The van der Waals surface area contributed by atoms with Crippen molar-refractivity contribution in [2.75, 3.05) is 13.7 Å². The molecule has 0 spiro atoms. The fourth-order valence-corrected chi connectivity index (χ4v) is 2.52. The van der Waals surface area contributed by atoms with E-state index < -0.39 is 18.0 Å². The van der Waals surface area contributed by atoms with Crippen molar-refractivity contribution in [3.05, 3.63) is 29.6 Å². The number of pyridine rings is 1. The summed E-state index contributed by atoms with van der Waals surface area (Å²) in [6, 6.07) is 4.98. The number of nitrogens with one attached hydrogen (secondary N) is 1. The number of halogens is 1. The number of hydrogen-bond acceptors (Lipinski definition) is 6. The monoisotopic (exact) mass is 499 g/mol. The van der Waals surface area contributed by atoms with Crippen LogP contribution in [0, 0.1) is 28.7 Å². The van der Waals surface area contributed by atoms with Crippen LogP contribution >= 0.6 is 24.0 Å². The second-order valence-electron chi connectivity index (χ2n) is 6.51. The highest BCUT2D eigenvalue weighted by Gasteiger charge is 2.25. The molecule has 28 heavy (non-hydrogen) atoms. The lowest BCUT2D eigenvalue weighted by Gasteiger charge is -2.21. The molecule has 2 amide bonds. The number of rotatable bonds is 9. The number of carbonyl (C=O) groups is 2. The molecule has 1 atom stereocenters. The number of carbonyl (C=O) groups excluding carboxylic acids is 2. The lowest BCUT2D eigenvalue weighted by Crippen LogP contribution is -2.47. The first-order valence-electron chi connectivity index (χ1n) is 8.79. The van der Waals surface area contributed by atoms with E-state index in [1.165, 1.54) is 7.05 Å². The molecule has 0 fully saturated rings. The molecule has 1 unspecified atom stereocenters. The van der Waals surface area contributed by atoms with Crippen molar-refractivity contribution in [3.63, 3.8) is 0 Å². The van der Waals surface area contributed by atoms with Crippen molar-refractivity contribution in [3.8, 4) is 12.3 Å². The van der Waals surface area contributed by atoms with Crippen LogP contribution in [-0.4, -0.2) is 41.6 Å². The number of nitriles is 2. The van der Waals surface area contributed by atoms with Crippen molar-refractivity contribution < 1.29 is 14.3 Å². The predicted octanol–water partition coefficient (Wildman–Crippen LogP) is 2.78. The molecule has 0 saturated carbocycles. The van der Waals surface area contributed by atoms with Gasteiger partial charge in [-0.05, 0) is 36.8 Å². The maximum atomic E-state index is 12.2. The van der Waals surface area contributed by atoms with Crippen LogP contribution in [0.1, 0.15) is 37.9 Å². The Bertz CT molecular complexity index is 727. The van der Waals surface area contributed by atoms with Gasteiger partial charge in [-0.15, -0.1) is 24.0 Å². The average Bonchev–Trinajstić information content (AvgIpc) is 2.64. The van der Waals surface area contributed by atoms with E-state index in [1.807, 2.05) is 19.9 Å². The van der Waals surface area contributed by atoms with Crippen molar-refractivity contribution in [2.45, 2.75) is 45.6 Å². The van der Waals surface area contributed by atoms with Crippen LogP contribution in [0.15, 0.2) is 18.3 Å². The van der Waals surface area contributed by atoms with Crippen LogP contribution in [0.2, 0.25) is 0 Å². The zero-order chi connectivity index (χ0) is 20.2. The van der Waals surface area contributed by atoms with Gasteiger partial charge in [0.2, 0.25) is 0 Å². The summed E-state index contributed by atoms with van der Waals surface area (Å²) in [6.07, 6.45) is 4.54. The molecule has 0 aliphatic rings. The summed E-state index contributed by atoms with van der Waals surface area (Å²) >= 11 is 0. The molecule has 0 aromatic carbocycles. The Morgan fingerprint density at radius 2 is 2.07 bits per heavy atom. The van der Waals surface area contributed by atoms with Gasteiger partial charge in [0.25, 0.3) is 5.91 Å². The minimum atomic E-state index is -0.803.